The van der Waals surface area contributed by atoms with E-state index in [2.05, 4.69) is 10.6 Å². The van der Waals surface area contributed by atoms with E-state index in [1.165, 1.54) is 5.56 Å². The van der Waals surface area contributed by atoms with Crippen LogP contribution >= 0.6 is 0 Å². The van der Waals surface area contributed by atoms with E-state index in [-0.39, 0.29) is 12.5 Å². The number of nitrogens with zero attached hydrogens (tertiary/aromatic N) is 1. The standard InChI is InChI=1S/C17H21N3O/c1-13-8-10-14(11-9-13)19-17(21)12-18-15-6-4-5-7-16(15)20(2)3/h4-11,18H,12H2,1-3H3,(H,19,21). The van der Waals surface area contributed by atoms with Gasteiger partial charge >= 0.3 is 0 Å². The van der Waals surface area contributed by atoms with E-state index in [0.29, 0.717) is 0 Å². The van der Waals surface area contributed by atoms with Gasteiger partial charge in [0, 0.05) is 19.8 Å². The molecule has 4 heteroatoms. The van der Waals surface area contributed by atoms with Crippen LogP contribution in [0.15, 0.2) is 48.5 Å². The van der Waals surface area contributed by atoms with Crippen LogP contribution in [-0.4, -0.2) is 26.5 Å². The molecule has 0 atom stereocenters. The second kappa shape index (κ2) is 6.79. The Labute approximate surface area is 125 Å². The van der Waals surface area contributed by atoms with Crippen molar-refractivity contribution in [2.45, 2.75) is 6.92 Å². The molecule has 0 aliphatic heterocycles. The molecule has 2 rings (SSSR count). The molecular formula is C17H21N3O. The third-order valence-electron chi connectivity index (χ3n) is 3.16. The number of hydrogen-bond acceptors (Lipinski definition) is 3. The summed E-state index contributed by atoms with van der Waals surface area (Å²) in [7, 11) is 3.96. The number of hydrogen-bond donors (Lipinski definition) is 2. The second-order valence-corrected chi connectivity index (χ2v) is 5.18. The quantitative estimate of drug-likeness (QED) is 0.886. The Balaban J connectivity index is 1.94. The first-order chi connectivity index (χ1) is 10.1. The predicted octanol–water partition coefficient (Wildman–Crippen LogP) is 3.11. The van der Waals surface area contributed by atoms with Gasteiger partial charge in [-0.05, 0) is 31.2 Å². The Bertz CT molecular complexity index is 606. The summed E-state index contributed by atoms with van der Waals surface area (Å²) in [5, 5.41) is 6.05. The SMILES string of the molecule is Cc1ccc(NC(=O)CNc2ccccc2N(C)C)cc1. The van der Waals surface area contributed by atoms with Gasteiger partial charge in [0.1, 0.15) is 0 Å². The lowest BCUT2D eigenvalue weighted by Crippen LogP contribution is -2.22. The molecule has 0 fully saturated rings. The first-order valence-electron chi connectivity index (χ1n) is 6.93. The number of nitrogens with one attached hydrogen (secondary N) is 2. The highest BCUT2D eigenvalue weighted by Crippen LogP contribution is 2.23. The van der Waals surface area contributed by atoms with Gasteiger partial charge in [-0.15, -0.1) is 0 Å². The molecule has 0 radical (unpaired) electrons. The average Bonchev–Trinajstić information content (AvgIpc) is 2.48. The maximum atomic E-state index is 12.0. The van der Waals surface area contributed by atoms with Gasteiger partial charge in [-0.2, -0.15) is 0 Å². The van der Waals surface area contributed by atoms with Crippen LogP contribution in [0.5, 0.6) is 0 Å². The molecule has 2 N–H and O–H groups in total. The summed E-state index contributed by atoms with van der Waals surface area (Å²) in [6.07, 6.45) is 0. The van der Waals surface area contributed by atoms with E-state index in [1.54, 1.807) is 0 Å². The molecular weight excluding hydrogens is 262 g/mol. The lowest BCUT2D eigenvalue weighted by Gasteiger charge is -2.18. The molecule has 2 aromatic rings. The maximum Gasteiger partial charge on any atom is 0.243 e. The molecule has 2 aromatic carbocycles. The van der Waals surface area contributed by atoms with E-state index >= 15 is 0 Å². The number of aryl methyl sites for hydroxylation is 1. The van der Waals surface area contributed by atoms with Crippen molar-refractivity contribution in [2.24, 2.45) is 0 Å². The van der Waals surface area contributed by atoms with Crippen molar-refractivity contribution in [3.05, 3.63) is 54.1 Å². The summed E-state index contributed by atoms with van der Waals surface area (Å²) >= 11 is 0. The number of amides is 1. The van der Waals surface area contributed by atoms with Crippen molar-refractivity contribution in [2.75, 3.05) is 36.2 Å². The van der Waals surface area contributed by atoms with Gasteiger partial charge < -0.3 is 15.5 Å². The first kappa shape index (κ1) is 14.9. The lowest BCUT2D eigenvalue weighted by atomic mass is 10.2. The molecule has 0 spiro atoms. The summed E-state index contributed by atoms with van der Waals surface area (Å²) in [5.41, 5.74) is 3.99. The first-order valence-corrected chi connectivity index (χ1v) is 6.93. The summed E-state index contributed by atoms with van der Waals surface area (Å²) in [4.78, 5) is 14.0. The normalized spacial score (nSPS) is 10.0. The van der Waals surface area contributed by atoms with E-state index < -0.39 is 0 Å². The fraction of sp³-hybridized carbons (Fsp3) is 0.235. The van der Waals surface area contributed by atoms with Crippen LogP contribution in [0.4, 0.5) is 17.1 Å². The lowest BCUT2D eigenvalue weighted by molar-refractivity contribution is -0.114. The zero-order valence-corrected chi connectivity index (χ0v) is 12.7. The smallest absolute Gasteiger partial charge is 0.243 e. The highest BCUT2D eigenvalue weighted by Gasteiger charge is 2.06. The Hall–Kier alpha value is -2.49. The molecule has 0 aromatic heterocycles. The molecule has 0 saturated carbocycles. The highest BCUT2D eigenvalue weighted by molar-refractivity contribution is 5.94. The molecule has 0 unspecified atom stereocenters. The molecule has 21 heavy (non-hydrogen) atoms. The van der Waals surface area contributed by atoms with Gasteiger partial charge in [0.25, 0.3) is 0 Å². The largest absolute Gasteiger partial charge is 0.376 e. The Morgan fingerprint density at radius 1 is 1.05 bits per heavy atom. The van der Waals surface area contributed by atoms with Gasteiger partial charge in [-0.1, -0.05) is 29.8 Å². The number of carbonyl (C=O) groups excluding carboxylic acids is 1. The minimum atomic E-state index is -0.0626. The Kier molecular flexibility index (Phi) is 4.82. The molecule has 0 saturated heterocycles. The summed E-state index contributed by atoms with van der Waals surface area (Å²) in [6.45, 7) is 2.25. The molecule has 1 amide bonds. The number of anilines is 3. The second-order valence-electron chi connectivity index (χ2n) is 5.18. The molecule has 0 aliphatic rings. The fourth-order valence-corrected chi connectivity index (χ4v) is 2.03. The Morgan fingerprint density at radius 2 is 1.71 bits per heavy atom. The van der Waals surface area contributed by atoms with Crippen LogP contribution in [0, 0.1) is 6.92 Å². The molecule has 0 aliphatic carbocycles. The van der Waals surface area contributed by atoms with Gasteiger partial charge in [0.05, 0.1) is 17.9 Å². The van der Waals surface area contributed by atoms with Crippen molar-refractivity contribution < 1.29 is 4.79 Å². The van der Waals surface area contributed by atoms with Crippen molar-refractivity contribution in [3.8, 4) is 0 Å². The van der Waals surface area contributed by atoms with Crippen molar-refractivity contribution in [1.82, 2.24) is 0 Å². The zero-order valence-electron chi connectivity index (χ0n) is 12.7. The van der Waals surface area contributed by atoms with Gasteiger partial charge in [-0.25, -0.2) is 0 Å². The van der Waals surface area contributed by atoms with Crippen molar-refractivity contribution in [1.29, 1.82) is 0 Å². The Morgan fingerprint density at radius 3 is 2.38 bits per heavy atom. The number of carbonyl (C=O) groups is 1. The topological polar surface area (TPSA) is 44.4 Å². The zero-order chi connectivity index (χ0) is 15.2. The predicted molar refractivity (Wildman–Crippen MR) is 89.1 cm³/mol. The van der Waals surface area contributed by atoms with Crippen molar-refractivity contribution >= 4 is 23.0 Å². The summed E-state index contributed by atoms with van der Waals surface area (Å²) in [5.74, 6) is -0.0626. The van der Waals surface area contributed by atoms with Crippen LogP contribution in [0.3, 0.4) is 0 Å². The van der Waals surface area contributed by atoms with E-state index in [0.717, 1.165) is 17.1 Å². The minimum absolute atomic E-state index is 0.0626. The van der Waals surface area contributed by atoms with E-state index in [4.69, 9.17) is 0 Å². The number of benzene rings is 2. The minimum Gasteiger partial charge on any atom is -0.376 e. The number of para-hydroxylation sites is 2. The van der Waals surface area contributed by atoms with E-state index in [1.807, 2.05) is 74.4 Å². The maximum absolute atomic E-state index is 12.0. The van der Waals surface area contributed by atoms with Gasteiger partial charge in [-0.3, -0.25) is 4.79 Å². The van der Waals surface area contributed by atoms with Crippen LogP contribution in [0.25, 0.3) is 0 Å². The molecule has 0 bridgehead atoms. The van der Waals surface area contributed by atoms with Crippen molar-refractivity contribution in [3.63, 3.8) is 0 Å². The fourth-order valence-electron chi connectivity index (χ4n) is 2.03. The summed E-state index contributed by atoms with van der Waals surface area (Å²) < 4.78 is 0. The monoisotopic (exact) mass is 283 g/mol. The number of rotatable bonds is 5. The van der Waals surface area contributed by atoms with Gasteiger partial charge in [0.2, 0.25) is 5.91 Å². The molecule has 0 heterocycles. The third kappa shape index (κ3) is 4.24. The molecule has 110 valence electrons. The average molecular weight is 283 g/mol. The summed E-state index contributed by atoms with van der Waals surface area (Å²) in [6, 6.07) is 15.7. The highest BCUT2D eigenvalue weighted by atomic mass is 16.1. The van der Waals surface area contributed by atoms with Crippen LogP contribution in [0.1, 0.15) is 5.56 Å². The molecule has 4 nitrogen and oxygen atoms in total. The van der Waals surface area contributed by atoms with Gasteiger partial charge in [0.15, 0.2) is 0 Å². The van der Waals surface area contributed by atoms with E-state index in [9.17, 15) is 4.79 Å². The van der Waals surface area contributed by atoms with Crippen LogP contribution in [0.2, 0.25) is 0 Å². The third-order valence-corrected chi connectivity index (χ3v) is 3.16. The van der Waals surface area contributed by atoms with Crippen LogP contribution in [-0.2, 0) is 4.79 Å². The van der Waals surface area contributed by atoms with Crippen LogP contribution < -0.4 is 15.5 Å².